The Kier molecular flexibility index (Phi) is 4.22. The van der Waals surface area contributed by atoms with Crippen molar-refractivity contribution in [3.8, 4) is 5.75 Å². The number of aliphatic hydroxyl groups is 1. The normalized spacial score (nSPS) is 12.7. The molecule has 0 aliphatic heterocycles. The molecule has 0 aliphatic rings. The Morgan fingerprint density at radius 2 is 1.89 bits per heavy atom. The SMILES string of the molecule is Cc1nc(C)c(C(O)c2ccccc2OC(C)C)s1. The van der Waals surface area contributed by atoms with Crippen LogP contribution in [0.5, 0.6) is 5.75 Å². The van der Waals surface area contributed by atoms with Crippen LogP contribution in [0.15, 0.2) is 24.3 Å². The standard InChI is InChI=1S/C15H19NO2S/c1-9(2)18-13-8-6-5-7-12(13)14(17)15-10(3)16-11(4)19-15/h5-9,14,17H,1-4H3. The summed E-state index contributed by atoms with van der Waals surface area (Å²) in [4.78, 5) is 5.25. The van der Waals surface area contributed by atoms with E-state index in [1.165, 1.54) is 11.3 Å². The first kappa shape index (κ1) is 14.0. The highest BCUT2D eigenvalue weighted by molar-refractivity contribution is 7.11. The van der Waals surface area contributed by atoms with Crippen molar-refractivity contribution in [2.24, 2.45) is 0 Å². The first-order chi connectivity index (χ1) is 8.99. The molecule has 0 radical (unpaired) electrons. The molecule has 1 unspecified atom stereocenters. The minimum absolute atomic E-state index is 0.0812. The summed E-state index contributed by atoms with van der Waals surface area (Å²) in [6.45, 7) is 7.83. The molecular formula is C15H19NO2S. The zero-order valence-electron chi connectivity index (χ0n) is 11.7. The summed E-state index contributed by atoms with van der Waals surface area (Å²) >= 11 is 1.53. The molecule has 0 saturated carbocycles. The summed E-state index contributed by atoms with van der Waals surface area (Å²) in [5.74, 6) is 0.732. The van der Waals surface area contributed by atoms with Gasteiger partial charge in [0.1, 0.15) is 11.9 Å². The summed E-state index contributed by atoms with van der Waals surface area (Å²) < 4.78 is 5.76. The first-order valence-corrected chi connectivity index (χ1v) is 7.18. The Morgan fingerprint density at radius 3 is 2.47 bits per heavy atom. The smallest absolute Gasteiger partial charge is 0.125 e. The van der Waals surface area contributed by atoms with Crippen molar-refractivity contribution in [2.45, 2.75) is 39.9 Å². The molecule has 0 bridgehead atoms. The fourth-order valence-electron chi connectivity index (χ4n) is 2.01. The van der Waals surface area contributed by atoms with Crippen molar-refractivity contribution in [3.63, 3.8) is 0 Å². The lowest BCUT2D eigenvalue weighted by molar-refractivity contribution is 0.200. The molecule has 1 atom stereocenters. The number of para-hydroxylation sites is 1. The van der Waals surface area contributed by atoms with Crippen molar-refractivity contribution >= 4 is 11.3 Å². The number of thiazole rings is 1. The van der Waals surface area contributed by atoms with E-state index < -0.39 is 6.10 Å². The maximum absolute atomic E-state index is 10.6. The molecule has 0 spiro atoms. The van der Waals surface area contributed by atoms with E-state index in [0.717, 1.165) is 26.9 Å². The maximum atomic E-state index is 10.6. The lowest BCUT2D eigenvalue weighted by Gasteiger charge is -2.17. The number of aromatic nitrogens is 1. The van der Waals surface area contributed by atoms with Crippen LogP contribution in [0, 0.1) is 13.8 Å². The van der Waals surface area contributed by atoms with Gasteiger partial charge >= 0.3 is 0 Å². The lowest BCUT2D eigenvalue weighted by atomic mass is 10.1. The summed E-state index contributed by atoms with van der Waals surface area (Å²) in [7, 11) is 0. The zero-order chi connectivity index (χ0) is 14.0. The van der Waals surface area contributed by atoms with Gasteiger partial charge < -0.3 is 9.84 Å². The highest BCUT2D eigenvalue weighted by Crippen LogP contribution is 2.34. The van der Waals surface area contributed by atoms with Crippen LogP contribution >= 0.6 is 11.3 Å². The zero-order valence-corrected chi connectivity index (χ0v) is 12.5. The predicted octanol–water partition coefficient (Wildman–Crippen LogP) is 3.63. The summed E-state index contributed by atoms with van der Waals surface area (Å²) in [6, 6.07) is 7.62. The fraction of sp³-hybridized carbons (Fsp3) is 0.400. The molecule has 4 heteroatoms. The minimum Gasteiger partial charge on any atom is -0.491 e. The van der Waals surface area contributed by atoms with E-state index in [4.69, 9.17) is 4.74 Å². The van der Waals surface area contributed by atoms with E-state index in [1.807, 2.05) is 52.0 Å². The Hall–Kier alpha value is -1.39. The number of hydrogen-bond donors (Lipinski definition) is 1. The fourth-order valence-corrected chi connectivity index (χ4v) is 2.94. The van der Waals surface area contributed by atoms with Gasteiger partial charge in [-0.25, -0.2) is 4.98 Å². The molecule has 1 N–H and O–H groups in total. The second-order valence-corrected chi connectivity index (χ2v) is 6.02. The van der Waals surface area contributed by atoms with Crippen molar-refractivity contribution in [2.75, 3.05) is 0 Å². The van der Waals surface area contributed by atoms with E-state index in [-0.39, 0.29) is 6.10 Å². The van der Waals surface area contributed by atoms with Crippen LogP contribution in [-0.2, 0) is 0 Å². The average molecular weight is 277 g/mol. The van der Waals surface area contributed by atoms with Crippen LogP contribution in [0.25, 0.3) is 0 Å². The van der Waals surface area contributed by atoms with Crippen molar-refractivity contribution in [1.29, 1.82) is 0 Å². The molecule has 102 valence electrons. The Morgan fingerprint density at radius 1 is 1.21 bits per heavy atom. The van der Waals surface area contributed by atoms with Gasteiger partial charge in [0.2, 0.25) is 0 Å². The van der Waals surface area contributed by atoms with E-state index in [2.05, 4.69) is 4.98 Å². The average Bonchev–Trinajstić information content (AvgIpc) is 2.67. The van der Waals surface area contributed by atoms with Gasteiger partial charge in [0.25, 0.3) is 0 Å². The Balaban J connectivity index is 2.38. The third-order valence-corrected chi connectivity index (χ3v) is 3.89. The van der Waals surface area contributed by atoms with E-state index in [9.17, 15) is 5.11 Å². The topological polar surface area (TPSA) is 42.4 Å². The number of hydrogen-bond acceptors (Lipinski definition) is 4. The van der Waals surface area contributed by atoms with Gasteiger partial charge in [-0.2, -0.15) is 0 Å². The summed E-state index contributed by atoms with van der Waals surface area (Å²) in [5, 5.41) is 11.5. The number of aliphatic hydroxyl groups excluding tert-OH is 1. The lowest BCUT2D eigenvalue weighted by Crippen LogP contribution is -2.09. The van der Waals surface area contributed by atoms with Gasteiger partial charge in [-0.1, -0.05) is 18.2 Å². The van der Waals surface area contributed by atoms with Gasteiger partial charge in [-0.15, -0.1) is 11.3 Å². The van der Waals surface area contributed by atoms with Gasteiger partial charge in [-0.3, -0.25) is 0 Å². The van der Waals surface area contributed by atoms with Crippen molar-refractivity contribution in [3.05, 3.63) is 45.4 Å². The van der Waals surface area contributed by atoms with Crippen LogP contribution in [0.3, 0.4) is 0 Å². The third-order valence-electron chi connectivity index (χ3n) is 2.76. The number of rotatable bonds is 4. The van der Waals surface area contributed by atoms with Gasteiger partial charge in [0.15, 0.2) is 0 Å². The van der Waals surface area contributed by atoms with Crippen molar-refractivity contribution < 1.29 is 9.84 Å². The number of nitrogens with zero attached hydrogens (tertiary/aromatic N) is 1. The van der Waals surface area contributed by atoms with Crippen molar-refractivity contribution in [1.82, 2.24) is 4.98 Å². The van der Waals surface area contributed by atoms with Crippen LogP contribution in [0.2, 0.25) is 0 Å². The largest absolute Gasteiger partial charge is 0.491 e. The molecule has 0 fully saturated rings. The maximum Gasteiger partial charge on any atom is 0.125 e. The quantitative estimate of drug-likeness (QED) is 0.928. The second kappa shape index (κ2) is 5.72. The van der Waals surface area contributed by atoms with Crippen LogP contribution in [0.1, 0.15) is 41.1 Å². The Bertz CT molecular complexity index is 563. The molecule has 1 heterocycles. The predicted molar refractivity (Wildman–Crippen MR) is 77.9 cm³/mol. The van der Waals surface area contributed by atoms with Crippen LogP contribution < -0.4 is 4.74 Å². The van der Waals surface area contributed by atoms with Gasteiger partial charge in [0, 0.05) is 5.56 Å². The monoisotopic (exact) mass is 277 g/mol. The molecular weight excluding hydrogens is 258 g/mol. The van der Waals surface area contributed by atoms with E-state index >= 15 is 0 Å². The molecule has 3 nitrogen and oxygen atoms in total. The van der Waals surface area contributed by atoms with Crippen LogP contribution in [-0.4, -0.2) is 16.2 Å². The highest BCUT2D eigenvalue weighted by Gasteiger charge is 2.20. The minimum atomic E-state index is -0.679. The first-order valence-electron chi connectivity index (χ1n) is 6.36. The van der Waals surface area contributed by atoms with E-state index in [1.54, 1.807) is 0 Å². The summed E-state index contributed by atoms with van der Waals surface area (Å²) in [5.41, 5.74) is 1.68. The molecule has 1 aromatic heterocycles. The molecule has 19 heavy (non-hydrogen) atoms. The number of aryl methyl sites for hydroxylation is 2. The molecule has 0 aliphatic carbocycles. The number of ether oxygens (including phenoxy) is 1. The van der Waals surface area contributed by atoms with E-state index in [0.29, 0.717) is 0 Å². The molecule has 2 rings (SSSR count). The summed E-state index contributed by atoms with van der Waals surface area (Å²) in [6.07, 6.45) is -0.598. The molecule has 2 aromatic rings. The molecule has 1 aromatic carbocycles. The Labute approximate surface area is 117 Å². The second-order valence-electron chi connectivity index (χ2n) is 4.79. The van der Waals surface area contributed by atoms with Gasteiger partial charge in [0.05, 0.1) is 21.7 Å². The molecule has 0 amide bonds. The highest BCUT2D eigenvalue weighted by atomic mass is 32.1. The molecule has 0 saturated heterocycles. The van der Waals surface area contributed by atoms with Crippen LogP contribution in [0.4, 0.5) is 0 Å². The number of benzene rings is 1. The van der Waals surface area contributed by atoms with Gasteiger partial charge in [-0.05, 0) is 33.8 Å². The third kappa shape index (κ3) is 3.14.